The van der Waals surface area contributed by atoms with Gasteiger partial charge in [-0.1, -0.05) is 0 Å². The number of thiazole rings is 1. The van der Waals surface area contributed by atoms with E-state index in [0.29, 0.717) is 0 Å². The second-order valence-corrected chi connectivity index (χ2v) is 4.82. The van der Waals surface area contributed by atoms with E-state index in [0.717, 1.165) is 36.6 Å². The van der Waals surface area contributed by atoms with Crippen LogP contribution in [-0.2, 0) is 16.7 Å². The topological polar surface area (TPSA) is 48.1 Å². The average molecular weight is 212 g/mol. The first-order chi connectivity index (χ1) is 6.74. The molecule has 1 aromatic rings. The fourth-order valence-electron chi connectivity index (χ4n) is 1.66. The van der Waals surface area contributed by atoms with Gasteiger partial charge in [0.05, 0.1) is 22.8 Å². The van der Waals surface area contributed by atoms with Gasteiger partial charge in [-0.2, -0.15) is 0 Å². The third kappa shape index (κ3) is 1.82. The second kappa shape index (κ2) is 3.96. The lowest BCUT2D eigenvalue weighted by Crippen LogP contribution is -2.43. The molecule has 2 N–H and O–H groups in total. The van der Waals surface area contributed by atoms with Crippen LogP contribution in [0.25, 0.3) is 0 Å². The van der Waals surface area contributed by atoms with Crippen LogP contribution in [0.4, 0.5) is 0 Å². The summed E-state index contributed by atoms with van der Waals surface area (Å²) < 4.78 is 5.02. The predicted octanol–water partition coefficient (Wildman–Crippen LogP) is 1.67. The molecule has 1 aliphatic rings. The minimum Gasteiger partial charge on any atom is -0.384 e. The molecule has 0 spiro atoms. The number of nitrogens with two attached hydrogens (primary N) is 1. The summed E-state index contributed by atoms with van der Waals surface area (Å²) >= 11 is 1.69. The molecular formula is C10H16N2OS. The monoisotopic (exact) mass is 212 g/mol. The molecule has 1 saturated carbocycles. The molecule has 0 aliphatic heterocycles. The number of aromatic nitrogens is 1. The van der Waals surface area contributed by atoms with Gasteiger partial charge in [0.25, 0.3) is 0 Å². The molecule has 0 aromatic carbocycles. The van der Waals surface area contributed by atoms with Crippen molar-refractivity contribution in [3.8, 4) is 0 Å². The highest BCUT2D eigenvalue weighted by atomic mass is 32.1. The smallest absolute Gasteiger partial charge is 0.0952 e. The van der Waals surface area contributed by atoms with Gasteiger partial charge in [0, 0.05) is 18.9 Å². The van der Waals surface area contributed by atoms with Crippen molar-refractivity contribution in [3.05, 3.63) is 16.1 Å². The summed E-state index contributed by atoms with van der Waals surface area (Å²) in [4.78, 5) is 4.56. The first-order valence-corrected chi connectivity index (χ1v) is 5.85. The molecule has 14 heavy (non-hydrogen) atoms. The van der Waals surface area contributed by atoms with Crippen LogP contribution in [-0.4, -0.2) is 18.7 Å². The molecule has 1 heterocycles. The Balaban J connectivity index is 2.02. The van der Waals surface area contributed by atoms with Crippen LogP contribution in [0.5, 0.6) is 0 Å². The molecule has 1 aliphatic carbocycles. The summed E-state index contributed by atoms with van der Waals surface area (Å²) in [5.74, 6) is 0. The van der Waals surface area contributed by atoms with Crippen LogP contribution in [0.1, 0.15) is 30.0 Å². The summed E-state index contributed by atoms with van der Waals surface area (Å²) in [6.45, 7) is 0.741. The highest BCUT2D eigenvalue weighted by Crippen LogP contribution is 2.38. The average Bonchev–Trinajstić information content (AvgIpc) is 2.59. The van der Waals surface area contributed by atoms with Gasteiger partial charge in [-0.05, 0) is 19.3 Å². The number of nitrogens with zero attached hydrogens (tertiary/aromatic N) is 1. The molecule has 0 unspecified atom stereocenters. The minimum atomic E-state index is -0.109. The van der Waals surface area contributed by atoms with Crippen molar-refractivity contribution in [2.45, 2.75) is 31.2 Å². The van der Waals surface area contributed by atoms with Crippen molar-refractivity contribution in [1.82, 2.24) is 4.98 Å². The number of ether oxygens (including phenoxy) is 1. The Morgan fingerprint density at radius 1 is 1.64 bits per heavy atom. The number of hydrogen-bond acceptors (Lipinski definition) is 4. The number of methoxy groups -OCH3 is 1. The summed E-state index contributed by atoms with van der Waals surface area (Å²) in [6, 6.07) is 0. The fraction of sp³-hybridized carbons (Fsp3) is 0.700. The lowest BCUT2D eigenvalue weighted by atomic mass is 9.76. The van der Waals surface area contributed by atoms with E-state index in [-0.39, 0.29) is 5.54 Å². The first kappa shape index (κ1) is 10.1. The Bertz CT molecular complexity index is 307. The molecule has 78 valence electrons. The molecular weight excluding hydrogens is 196 g/mol. The van der Waals surface area contributed by atoms with E-state index in [1.165, 1.54) is 6.42 Å². The quantitative estimate of drug-likeness (QED) is 0.826. The van der Waals surface area contributed by atoms with Crippen LogP contribution in [0.15, 0.2) is 5.38 Å². The van der Waals surface area contributed by atoms with Crippen molar-refractivity contribution in [3.63, 3.8) is 0 Å². The van der Waals surface area contributed by atoms with Gasteiger partial charge in [-0.15, -0.1) is 11.3 Å². The van der Waals surface area contributed by atoms with Gasteiger partial charge in [0.2, 0.25) is 0 Å². The first-order valence-electron chi connectivity index (χ1n) is 4.97. The van der Waals surface area contributed by atoms with E-state index >= 15 is 0 Å². The Morgan fingerprint density at radius 2 is 2.43 bits per heavy atom. The molecule has 4 heteroatoms. The third-order valence-corrected chi connectivity index (χ3v) is 3.74. The molecule has 2 rings (SSSR count). The normalized spacial score (nSPS) is 19.3. The highest BCUT2D eigenvalue weighted by molar-refractivity contribution is 7.09. The summed E-state index contributed by atoms with van der Waals surface area (Å²) in [5, 5.41) is 3.24. The zero-order valence-electron chi connectivity index (χ0n) is 8.45. The maximum Gasteiger partial charge on any atom is 0.0952 e. The fourth-order valence-corrected chi connectivity index (χ4v) is 2.54. The minimum absolute atomic E-state index is 0.109. The molecule has 0 radical (unpaired) electrons. The van der Waals surface area contributed by atoms with Crippen molar-refractivity contribution in [2.75, 3.05) is 13.7 Å². The van der Waals surface area contributed by atoms with E-state index in [1.807, 2.05) is 0 Å². The molecule has 1 fully saturated rings. The third-order valence-electron chi connectivity index (χ3n) is 2.83. The largest absolute Gasteiger partial charge is 0.384 e. The van der Waals surface area contributed by atoms with Gasteiger partial charge in [0.1, 0.15) is 0 Å². The van der Waals surface area contributed by atoms with Crippen molar-refractivity contribution >= 4 is 11.3 Å². The zero-order chi connectivity index (χ0) is 10.0. The SMILES string of the molecule is COCCc1nc(C2(N)CCC2)cs1. The van der Waals surface area contributed by atoms with E-state index in [4.69, 9.17) is 10.5 Å². The molecule has 0 amide bonds. The Hall–Kier alpha value is -0.450. The van der Waals surface area contributed by atoms with Crippen molar-refractivity contribution in [1.29, 1.82) is 0 Å². The lowest BCUT2D eigenvalue weighted by molar-refractivity contribution is 0.201. The summed E-state index contributed by atoms with van der Waals surface area (Å²) in [7, 11) is 1.71. The van der Waals surface area contributed by atoms with Gasteiger partial charge < -0.3 is 10.5 Å². The van der Waals surface area contributed by atoms with Gasteiger partial charge >= 0.3 is 0 Å². The predicted molar refractivity (Wildman–Crippen MR) is 57.4 cm³/mol. The van der Waals surface area contributed by atoms with Crippen molar-refractivity contribution < 1.29 is 4.74 Å². The van der Waals surface area contributed by atoms with Crippen LogP contribution in [0, 0.1) is 0 Å². The Morgan fingerprint density at radius 3 is 3.00 bits per heavy atom. The standard InChI is InChI=1S/C10H16N2OS/c1-13-6-3-9-12-8(7-14-9)10(11)4-2-5-10/h7H,2-6,11H2,1H3. The summed E-state index contributed by atoms with van der Waals surface area (Å²) in [6.07, 6.45) is 4.31. The maximum atomic E-state index is 6.18. The number of hydrogen-bond donors (Lipinski definition) is 1. The van der Waals surface area contributed by atoms with E-state index < -0.39 is 0 Å². The molecule has 3 nitrogen and oxygen atoms in total. The molecule has 0 saturated heterocycles. The van der Waals surface area contributed by atoms with Gasteiger partial charge in [0.15, 0.2) is 0 Å². The van der Waals surface area contributed by atoms with E-state index in [2.05, 4.69) is 10.4 Å². The zero-order valence-corrected chi connectivity index (χ0v) is 9.27. The van der Waals surface area contributed by atoms with Crippen molar-refractivity contribution in [2.24, 2.45) is 5.73 Å². The molecule has 0 bridgehead atoms. The van der Waals surface area contributed by atoms with Crippen LogP contribution in [0.3, 0.4) is 0 Å². The van der Waals surface area contributed by atoms with E-state index in [9.17, 15) is 0 Å². The second-order valence-electron chi connectivity index (χ2n) is 3.88. The highest BCUT2D eigenvalue weighted by Gasteiger charge is 2.36. The van der Waals surface area contributed by atoms with Crippen LogP contribution >= 0.6 is 11.3 Å². The Kier molecular flexibility index (Phi) is 2.85. The Labute approximate surface area is 88.3 Å². The van der Waals surface area contributed by atoms with Crippen LogP contribution < -0.4 is 5.73 Å². The maximum absolute atomic E-state index is 6.18. The summed E-state index contributed by atoms with van der Waals surface area (Å²) in [5.41, 5.74) is 7.15. The van der Waals surface area contributed by atoms with Gasteiger partial charge in [-0.25, -0.2) is 4.98 Å². The molecule has 0 atom stereocenters. The van der Waals surface area contributed by atoms with Gasteiger partial charge in [-0.3, -0.25) is 0 Å². The number of rotatable bonds is 4. The lowest BCUT2D eigenvalue weighted by Gasteiger charge is -2.36. The van der Waals surface area contributed by atoms with Crippen LogP contribution in [0.2, 0.25) is 0 Å². The molecule has 1 aromatic heterocycles. The van der Waals surface area contributed by atoms with E-state index in [1.54, 1.807) is 18.4 Å².